The van der Waals surface area contributed by atoms with Gasteiger partial charge in [0, 0.05) is 16.6 Å². The van der Waals surface area contributed by atoms with Crippen LogP contribution in [-0.4, -0.2) is 23.0 Å². The lowest BCUT2D eigenvalue weighted by atomic mass is 9.99. The van der Waals surface area contributed by atoms with E-state index in [1.807, 2.05) is 43.5 Å². The van der Waals surface area contributed by atoms with Crippen molar-refractivity contribution in [2.45, 2.75) is 32.2 Å². The topological polar surface area (TPSA) is 54.0 Å². The number of hydrogen-bond donors (Lipinski definition) is 2. The largest absolute Gasteiger partial charge is 0.324 e. The summed E-state index contributed by atoms with van der Waals surface area (Å²) in [6.07, 6.45) is 1.92. The Bertz CT molecular complexity index is 659. The zero-order valence-corrected chi connectivity index (χ0v) is 13.1. The number of rotatable bonds is 3. The number of nitrogens with one attached hydrogen (secondary N) is 2. The van der Waals surface area contributed by atoms with E-state index in [1.165, 1.54) is 0 Å². The number of nitrogens with zero attached hydrogens (tertiary/aromatic N) is 1. The van der Waals surface area contributed by atoms with E-state index < -0.39 is 5.54 Å². The van der Waals surface area contributed by atoms with E-state index in [4.69, 9.17) is 0 Å². The Morgan fingerprint density at radius 2 is 2.33 bits per heavy atom. The van der Waals surface area contributed by atoms with Gasteiger partial charge in [0.2, 0.25) is 5.91 Å². The van der Waals surface area contributed by atoms with Gasteiger partial charge < -0.3 is 10.6 Å². The summed E-state index contributed by atoms with van der Waals surface area (Å²) >= 11 is 1.63. The second kappa shape index (κ2) is 5.58. The van der Waals surface area contributed by atoms with Crippen LogP contribution >= 0.6 is 11.3 Å². The van der Waals surface area contributed by atoms with E-state index in [-0.39, 0.29) is 5.91 Å². The molecule has 1 atom stereocenters. The Morgan fingerprint density at radius 1 is 1.48 bits per heavy atom. The van der Waals surface area contributed by atoms with E-state index in [0.717, 1.165) is 41.3 Å². The summed E-state index contributed by atoms with van der Waals surface area (Å²) in [7, 11) is 0. The summed E-state index contributed by atoms with van der Waals surface area (Å²) in [5.74, 6) is 0.0339. The van der Waals surface area contributed by atoms with Gasteiger partial charge in [0.05, 0.1) is 16.2 Å². The average Bonchev–Trinajstić information content (AvgIpc) is 3.09. The lowest BCUT2D eigenvalue weighted by Crippen LogP contribution is -2.47. The molecule has 3 rings (SSSR count). The molecule has 2 aromatic rings. The molecule has 0 radical (unpaired) electrons. The molecular weight excluding hydrogens is 282 g/mol. The van der Waals surface area contributed by atoms with Gasteiger partial charge in [0.1, 0.15) is 0 Å². The minimum atomic E-state index is -0.451. The summed E-state index contributed by atoms with van der Waals surface area (Å²) in [5, 5.41) is 9.38. The monoisotopic (exact) mass is 301 g/mol. The molecule has 0 saturated carbocycles. The summed E-state index contributed by atoms with van der Waals surface area (Å²) in [6.45, 7) is 4.86. The minimum absolute atomic E-state index is 0.0339. The van der Waals surface area contributed by atoms with Crippen LogP contribution < -0.4 is 10.6 Å². The Labute approximate surface area is 128 Å². The molecule has 0 aliphatic carbocycles. The minimum Gasteiger partial charge on any atom is -0.324 e. The fourth-order valence-electron chi connectivity index (χ4n) is 2.61. The van der Waals surface area contributed by atoms with Crippen molar-refractivity contribution in [3.8, 4) is 11.3 Å². The highest BCUT2D eigenvalue weighted by Gasteiger charge is 2.35. The number of amides is 1. The molecule has 1 aromatic carbocycles. The first-order valence-electron chi connectivity index (χ1n) is 7.16. The van der Waals surface area contributed by atoms with Gasteiger partial charge in [-0.3, -0.25) is 4.79 Å². The van der Waals surface area contributed by atoms with Crippen LogP contribution in [0.4, 0.5) is 5.69 Å². The van der Waals surface area contributed by atoms with E-state index in [0.29, 0.717) is 0 Å². The molecule has 0 spiro atoms. The van der Waals surface area contributed by atoms with Crippen LogP contribution in [0.2, 0.25) is 0 Å². The number of thiazole rings is 1. The van der Waals surface area contributed by atoms with Crippen molar-refractivity contribution in [2.24, 2.45) is 0 Å². The molecule has 1 saturated heterocycles. The summed E-state index contributed by atoms with van der Waals surface area (Å²) in [4.78, 5) is 16.9. The lowest BCUT2D eigenvalue weighted by Gasteiger charge is -2.23. The number of benzene rings is 1. The first-order chi connectivity index (χ1) is 10.1. The molecule has 1 aliphatic heterocycles. The summed E-state index contributed by atoms with van der Waals surface area (Å²) < 4.78 is 0. The zero-order chi connectivity index (χ0) is 14.9. The van der Waals surface area contributed by atoms with Gasteiger partial charge in [0.25, 0.3) is 0 Å². The van der Waals surface area contributed by atoms with E-state index in [1.54, 1.807) is 11.3 Å². The van der Waals surface area contributed by atoms with Crippen LogP contribution in [0.25, 0.3) is 11.3 Å². The van der Waals surface area contributed by atoms with Crippen LogP contribution in [0, 0.1) is 6.92 Å². The van der Waals surface area contributed by atoms with Gasteiger partial charge in [-0.1, -0.05) is 12.1 Å². The SMILES string of the molecule is Cc1nc(-c2cccc(NC(=O)C3(C)CCCN3)c2)cs1. The average molecular weight is 301 g/mol. The molecule has 1 fully saturated rings. The van der Waals surface area contributed by atoms with Crippen LogP contribution in [0.3, 0.4) is 0 Å². The number of aromatic nitrogens is 1. The third-order valence-corrected chi connectivity index (χ3v) is 4.68. The van der Waals surface area contributed by atoms with Gasteiger partial charge in [0.15, 0.2) is 0 Å². The number of hydrogen-bond acceptors (Lipinski definition) is 4. The van der Waals surface area contributed by atoms with Gasteiger partial charge in [-0.2, -0.15) is 0 Å². The summed E-state index contributed by atoms with van der Waals surface area (Å²) in [6, 6.07) is 7.85. The molecule has 110 valence electrons. The maximum absolute atomic E-state index is 12.4. The molecule has 1 unspecified atom stereocenters. The van der Waals surface area contributed by atoms with Crippen LogP contribution in [-0.2, 0) is 4.79 Å². The van der Waals surface area contributed by atoms with E-state index in [2.05, 4.69) is 15.6 Å². The Morgan fingerprint density at radius 3 is 3.00 bits per heavy atom. The van der Waals surface area contributed by atoms with Crippen molar-refractivity contribution in [3.05, 3.63) is 34.7 Å². The van der Waals surface area contributed by atoms with Gasteiger partial charge in [-0.15, -0.1) is 11.3 Å². The Balaban J connectivity index is 1.79. The highest BCUT2D eigenvalue weighted by molar-refractivity contribution is 7.09. The van der Waals surface area contributed by atoms with E-state index in [9.17, 15) is 4.79 Å². The fourth-order valence-corrected chi connectivity index (χ4v) is 3.23. The normalized spacial score (nSPS) is 21.4. The maximum Gasteiger partial charge on any atom is 0.244 e. The first kappa shape index (κ1) is 14.2. The third-order valence-electron chi connectivity index (χ3n) is 3.91. The highest BCUT2D eigenvalue weighted by Crippen LogP contribution is 2.25. The van der Waals surface area contributed by atoms with Gasteiger partial charge >= 0.3 is 0 Å². The van der Waals surface area contributed by atoms with Crippen molar-refractivity contribution in [1.82, 2.24) is 10.3 Å². The van der Waals surface area contributed by atoms with Crippen molar-refractivity contribution < 1.29 is 4.79 Å². The molecule has 4 nitrogen and oxygen atoms in total. The molecule has 2 heterocycles. The number of aryl methyl sites for hydroxylation is 1. The lowest BCUT2D eigenvalue weighted by molar-refractivity contribution is -0.121. The Kier molecular flexibility index (Phi) is 3.78. The molecular formula is C16H19N3OS. The predicted octanol–water partition coefficient (Wildman–Crippen LogP) is 3.20. The van der Waals surface area contributed by atoms with Crippen LogP contribution in [0.5, 0.6) is 0 Å². The van der Waals surface area contributed by atoms with Gasteiger partial charge in [-0.25, -0.2) is 4.98 Å². The molecule has 1 aromatic heterocycles. The molecule has 0 bridgehead atoms. The number of anilines is 1. The highest BCUT2D eigenvalue weighted by atomic mass is 32.1. The molecule has 2 N–H and O–H groups in total. The summed E-state index contributed by atoms with van der Waals surface area (Å²) in [5.41, 5.74) is 2.35. The predicted molar refractivity (Wildman–Crippen MR) is 86.6 cm³/mol. The van der Waals surface area contributed by atoms with Crippen molar-refractivity contribution >= 4 is 22.9 Å². The van der Waals surface area contributed by atoms with Gasteiger partial charge in [-0.05, 0) is 45.4 Å². The first-order valence-corrected chi connectivity index (χ1v) is 8.04. The smallest absolute Gasteiger partial charge is 0.244 e. The molecule has 21 heavy (non-hydrogen) atoms. The zero-order valence-electron chi connectivity index (χ0n) is 12.3. The number of carbonyl (C=O) groups is 1. The molecule has 1 aliphatic rings. The second-order valence-electron chi connectivity index (χ2n) is 5.65. The molecule has 5 heteroatoms. The van der Waals surface area contributed by atoms with Crippen LogP contribution in [0.1, 0.15) is 24.8 Å². The molecule has 1 amide bonds. The third kappa shape index (κ3) is 2.99. The van der Waals surface area contributed by atoms with Crippen molar-refractivity contribution in [3.63, 3.8) is 0 Å². The maximum atomic E-state index is 12.4. The second-order valence-corrected chi connectivity index (χ2v) is 6.71. The van der Waals surface area contributed by atoms with Crippen molar-refractivity contribution in [2.75, 3.05) is 11.9 Å². The standard InChI is InChI=1S/C16H19N3OS/c1-11-18-14(10-21-11)12-5-3-6-13(9-12)19-15(20)16(2)7-4-8-17-16/h3,5-6,9-10,17H,4,7-8H2,1-2H3,(H,19,20). The number of carbonyl (C=O) groups excluding carboxylic acids is 1. The van der Waals surface area contributed by atoms with Crippen LogP contribution in [0.15, 0.2) is 29.6 Å². The quantitative estimate of drug-likeness (QED) is 0.915. The van der Waals surface area contributed by atoms with E-state index >= 15 is 0 Å². The fraction of sp³-hybridized carbons (Fsp3) is 0.375. The van der Waals surface area contributed by atoms with Crippen molar-refractivity contribution in [1.29, 1.82) is 0 Å². The Hall–Kier alpha value is -1.72.